The average Bonchev–Trinajstić information content (AvgIpc) is 2.78. The van der Waals surface area contributed by atoms with E-state index in [-0.39, 0.29) is 11.9 Å². The highest BCUT2D eigenvalue weighted by Crippen LogP contribution is 2.22. The van der Waals surface area contributed by atoms with Gasteiger partial charge in [0.15, 0.2) is 0 Å². The quantitative estimate of drug-likeness (QED) is 0.899. The lowest BCUT2D eigenvalue weighted by Crippen LogP contribution is -2.31. The number of nitrogens with zero attached hydrogens (tertiary/aromatic N) is 2. The van der Waals surface area contributed by atoms with Gasteiger partial charge in [0.1, 0.15) is 11.6 Å². The van der Waals surface area contributed by atoms with E-state index in [9.17, 15) is 4.39 Å². The number of halogens is 1. The molecule has 0 radical (unpaired) electrons. The van der Waals surface area contributed by atoms with Crippen LogP contribution in [-0.2, 0) is 6.54 Å². The fourth-order valence-electron chi connectivity index (χ4n) is 2.15. The van der Waals surface area contributed by atoms with Crippen LogP contribution in [0.4, 0.5) is 4.39 Å². The van der Waals surface area contributed by atoms with Crippen molar-refractivity contribution in [2.45, 2.75) is 19.5 Å². The Balaban J connectivity index is 2.15. The lowest BCUT2D eigenvalue weighted by atomic mass is 10.0. The molecule has 1 aromatic heterocycles. The van der Waals surface area contributed by atoms with Gasteiger partial charge in [-0.1, -0.05) is 23.4 Å². The first-order valence-corrected chi connectivity index (χ1v) is 6.18. The number of rotatable bonds is 5. The highest BCUT2D eigenvalue weighted by atomic mass is 19.1. The van der Waals surface area contributed by atoms with Crippen molar-refractivity contribution in [3.8, 4) is 0 Å². The summed E-state index contributed by atoms with van der Waals surface area (Å²) < 4.78 is 18.8. The van der Waals surface area contributed by atoms with Crippen LogP contribution in [0.3, 0.4) is 0 Å². The number of nitrogens with two attached hydrogens (primary N) is 1. The molecule has 0 spiro atoms. The second-order valence-corrected chi connectivity index (χ2v) is 4.62. The summed E-state index contributed by atoms with van der Waals surface area (Å²) in [6.07, 6.45) is 0. The number of likely N-dealkylation sites (N-methyl/N-ethyl adjacent to an activating group) is 1. The molecule has 1 heterocycles. The van der Waals surface area contributed by atoms with Crippen LogP contribution in [0.2, 0.25) is 0 Å². The van der Waals surface area contributed by atoms with Crippen LogP contribution >= 0.6 is 0 Å². The zero-order valence-electron chi connectivity index (χ0n) is 11.1. The highest BCUT2D eigenvalue weighted by Gasteiger charge is 2.19. The van der Waals surface area contributed by atoms with E-state index in [1.54, 1.807) is 12.1 Å². The Morgan fingerprint density at radius 2 is 2.16 bits per heavy atom. The summed E-state index contributed by atoms with van der Waals surface area (Å²) in [5.41, 5.74) is 7.20. The molecule has 0 fully saturated rings. The summed E-state index contributed by atoms with van der Waals surface area (Å²) in [6, 6.07) is 8.38. The van der Waals surface area contributed by atoms with Gasteiger partial charge in [-0.3, -0.25) is 4.90 Å². The van der Waals surface area contributed by atoms with Crippen molar-refractivity contribution in [2.75, 3.05) is 13.6 Å². The molecule has 2 aromatic rings. The molecule has 5 heteroatoms. The van der Waals surface area contributed by atoms with Crippen molar-refractivity contribution in [1.29, 1.82) is 0 Å². The largest absolute Gasteiger partial charge is 0.361 e. The molecular weight excluding hydrogens is 245 g/mol. The van der Waals surface area contributed by atoms with Crippen molar-refractivity contribution in [1.82, 2.24) is 10.1 Å². The average molecular weight is 263 g/mol. The molecule has 0 aliphatic rings. The van der Waals surface area contributed by atoms with E-state index >= 15 is 0 Å². The van der Waals surface area contributed by atoms with Gasteiger partial charge in [0, 0.05) is 24.7 Å². The molecule has 1 aromatic carbocycles. The van der Waals surface area contributed by atoms with Gasteiger partial charge in [0.05, 0.1) is 11.7 Å². The Kier molecular flexibility index (Phi) is 4.29. The predicted octanol–water partition coefficient (Wildman–Crippen LogP) is 2.25. The summed E-state index contributed by atoms with van der Waals surface area (Å²) >= 11 is 0. The normalized spacial score (nSPS) is 12.9. The third kappa shape index (κ3) is 3.19. The van der Waals surface area contributed by atoms with Gasteiger partial charge >= 0.3 is 0 Å². The van der Waals surface area contributed by atoms with Crippen molar-refractivity contribution in [2.24, 2.45) is 5.73 Å². The molecule has 102 valence electrons. The summed E-state index contributed by atoms with van der Waals surface area (Å²) in [5, 5.41) is 3.94. The predicted molar refractivity (Wildman–Crippen MR) is 70.9 cm³/mol. The molecule has 1 unspecified atom stereocenters. The molecule has 0 bridgehead atoms. The summed E-state index contributed by atoms with van der Waals surface area (Å²) in [7, 11) is 1.90. The molecule has 0 aliphatic heterocycles. The van der Waals surface area contributed by atoms with Crippen LogP contribution in [0.5, 0.6) is 0 Å². The molecule has 2 rings (SSSR count). The van der Waals surface area contributed by atoms with Gasteiger partial charge in [0.2, 0.25) is 0 Å². The van der Waals surface area contributed by atoms with E-state index in [0.29, 0.717) is 18.7 Å². The molecule has 0 saturated carbocycles. The van der Waals surface area contributed by atoms with Gasteiger partial charge < -0.3 is 10.3 Å². The molecule has 2 N–H and O–H groups in total. The number of benzene rings is 1. The first-order chi connectivity index (χ1) is 9.11. The van der Waals surface area contributed by atoms with Crippen molar-refractivity contribution < 1.29 is 8.91 Å². The Hall–Kier alpha value is -1.72. The van der Waals surface area contributed by atoms with E-state index < -0.39 is 0 Å². The number of aromatic nitrogens is 1. The van der Waals surface area contributed by atoms with Gasteiger partial charge in [-0.05, 0) is 20.0 Å². The van der Waals surface area contributed by atoms with Crippen LogP contribution in [0, 0.1) is 12.7 Å². The van der Waals surface area contributed by atoms with Gasteiger partial charge in [0.25, 0.3) is 0 Å². The Morgan fingerprint density at radius 3 is 2.74 bits per heavy atom. The third-order valence-corrected chi connectivity index (χ3v) is 3.11. The smallest absolute Gasteiger partial charge is 0.133 e. The minimum absolute atomic E-state index is 0.182. The fourth-order valence-corrected chi connectivity index (χ4v) is 2.15. The SMILES string of the molecule is Cc1cc(CN(C)C(CN)c2ccccc2F)no1. The second-order valence-electron chi connectivity index (χ2n) is 4.62. The lowest BCUT2D eigenvalue weighted by molar-refractivity contribution is 0.229. The topological polar surface area (TPSA) is 55.3 Å². The van der Waals surface area contributed by atoms with E-state index in [1.165, 1.54) is 6.07 Å². The molecule has 1 atom stereocenters. The highest BCUT2D eigenvalue weighted by molar-refractivity contribution is 5.21. The molecule has 19 heavy (non-hydrogen) atoms. The standard InChI is InChI=1S/C14H18FN3O/c1-10-7-11(17-19-10)9-18(2)14(8-16)12-5-3-4-6-13(12)15/h3-7,14H,8-9,16H2,1-2H3. The van der Waals surface area contributed by atoms with Gasteiger partial charge in [-0.25, -0.2) is 4.39 Å². The van der Waals surface area contributed by atoms with Crippen molar-refractivity contribution in [3.63, 3.8) is 0 Å². The first kappa shape index (κ1) is 13.7. The first-order valence-electron chi connectivity index (χ1n) is 6.18. The molecule has 0 saturated heterocycles. The number of hydrogen-bond donors (Lipinski definition) is 1. The van der Waals surface area contributed by atoms with Crippen LogP contribution in [-0.4, -0.2) is 23.6 Å². The minimum atomic E-state index is -0.235. The van der Waals surface area contributed by atoms with Crippen molar-refractivity contribution >= 4 is 0 Å². The molecule has 0 aliphatic carbocycles. The van der Waals surface area contributed by atoms with E-state index in [4.69, 9.17) is 10.3 Å². The molecular formula is C14H18FN3O. The monoisotopic (exact) mass is 263 g/mol. The fraction of sp³-hybridized carbons (Fsp3) is 0.357. The second kappa shape index (κ2) is 5.95. The Bertz CT molecular complexity index is 541. The van der Waals surface area contributed by atoms with E-state index in [2.05, 4.69) is 5.16 Å². The van der Waals surface area contributed by atoms with E-state index in [0.717, 1.165) is 11.5 Å². The zero-order valence-corrected chi connectivity index (χ0v) is 11.1. The van der Waals surface area contributed by atoms with Crippen molar-refractivity contribution in [3.05, 3.63) is 53.2 Å². The summed E-state index contributed by atoms with van der Waals surface area (Å²) in [6.45, 7) is 2.75. The molecule has 0 amide bonds. The summed E-state index contributed by atoms with van der Waals surface area (Å²) in [5.74, 6) is 0.528. The lowest BCUT2D eigenvalue weighted by Gasteiger charge is -2.26. The summed E-state index contributed by atoms with van der Waals surface area (Å²) in [4.78, 5) is 1.97. The maximum atomic E-state index is 13.8. The van der Waals surface area contributed by atoms with Gasteiger partial charge in [-0.15, -0.1) is 0 Å². The minimum Gasteiger partial charge on any atom is -0.361 e. The van der Waals surface area contributed by atoms with Crippen LogP contribution in [0.1, 0.15) is 23.1 Å². The van der Waals surface area contributed by atoms with E-state index in [1.807, 2.05) is 31.0 Å². The van der Waals surface area contributed by atoms with Gasteiger partial charge in [-0.2, -0.15) is 0 Å². The van der Waals surface area contributed by atoms with Crippen LogP contribution in [0.15, 0.2) is 34.9 Å². The Labute approximate surface area is 112 Å². The number of hydrogen-bond acceptors (Lipinski definition) is 4. The maximum Gasteiger partial charge on any atom is 0.133 e. The Morgan fingerprint density at radius 1 is 1.42 bits per heavy atom. The molecule has 4 nitrogen and oxygen atoms in total. The van der Waals surface area contributed by atoms with Crippen LogP contribution in [0.25, 0.3) is 0 Å². The number of aryl methyl sites for hydroxylation is 1. The van der Waals surface area contributed by atoms with Crippen LogP contribution < -0.4 is 5.73 Å². The maximum absolute atomic E-state index is 13.8. The zero-order chi connectivity index (χ0) is 13.8. The third-order valence-electron chi connectivity index (χ3n) is 3.11.